The van der Waals surface area contributed by atoms with Gasteiger partial charge < -0.3 is 0 Å². The van der Waals surface area contributed by atoms with E-state index in [1.54, 1.807) is 0 Å². The number of fused-ring (bicyclic) bond motifs is 2. The van der Waals surface area contributed by atoms with Crippen LogP contribution in [0.1, 0.15) is 52.9 Å². The van der Waals surface area contributed by atoms with Gasteiger partial charge in [0.15, 0.2) is 0 Å². The van der Waals surface area contributed by atoms with Crippen LogP contribution in [0.25, 0.3) is 0 Å². The molecule has 0 atom stereocenters. The molecule has 2 saturated carbocycles. The zero-order valence-corrected chi connectivity index (χ0v) is 9.92. The first kappa shape index (κ1) is 9.49. The van der Waals surface area contributed by atoms with Crippen molar-refractivity contribution < 1.29 is 4.79 Å². The maximum absolute atomic E-state index is 11.9. The Labute approximate surface area is 91.4 Å². The monoisotopic (exact) mass is 208 g/mol. The van der Waals surface area contributed by atoms with Gasteiger partial charge in [-0.15, -0.1) is 0 Å². The van der Waals surface area contributed by atoms with Gasteiger partial charge in [0.05, 0.1) is 11.1 Å². The normalized spacial score (nSPS) is 39.1. The molecule has 0 aromatic carbocycles. The highest BCUT2D eigenvalue weighted by Crippen LogP contribution is 2.55. The number of carbonyl (C=O) groups is 1. The molecule has 3 rings (SSSR count). The summed E-state index contributed by atoms with van der Waals surface area (Å²) in [5.74, 6) is 0.903. The van der Waals surface area contributed by atoms with Crippen molar-refractivity contribution in [2.24, 2.45) is 5.92 Å². The van der Waals surface area contributed by atoms with Crippen LogP contribution in [0.15, 0.2) is 0 Å². The van der Waals surface area contributed by atoms with E-state index in [1.165, 1.54) is 32.1 Å². The SMILES string of the molecule is CC(C)(C)N1C(=O)N1C12CCC(CC1)C2. The standard InChI is InChI=1S/C12H20N2O/c1-11(2,3)13-10(15)14(13)12-6-4-9(8-12)5-7-12/h9H,4-8H2,1-3H3. The van der Waals surface area contributed by atoms with Crippen molar-refractivity contribution in [2.75, 3.05) is 0 Å². The van der Waals surface area contributed by atoms with E-state index in [9.17, 15) is 4.79 Å². The van der Waals surface area contributed by atoms with Crippen LogP contribution in [0.5, 0.6) is 0 Å². The van der Waals surface area contributed by atoms with E-state index in [-0.39, 0.29) is 17.1 Å². The van der Waals surface area contributed by atoms with Crippen molar-refractivity contribution in [3.8, 4) is 0 Å². The summed E-state index contributed by atoms with van der Waals surface area (Å²) in [6, 6.07) is 0.255. The summed E-state index contributed by atoms with van der Waals surface area (Å²) in [7, 11) is 0. The van der Waals surface area contributed by atoms with E-state index in [0.29, 0.717) is 0 Å². The molecule has 2 aliphatic carbocycles. The molecule has 3 aliphatic rings. The fourth-order valence-electron chi connectivity index (χ4n) is 3.59. The van der Waals surface area contributed by atoms with Gasteiger partial charge in [-0.05, 0) is 58.8 Å². The second-order valence-electron chi connectivity index (χ2n) is 6.45. The minimum atomic E-state index is -0.0352. The van der Waals surface area contributed by atoms with Gasteiger partial charge >= 0.3 is 6.03 Å². The van der Waals surface area contributed by atoms with Crippen LogP contribution < -0.4 is 0 Å². The van der Waals surface area contributed by atoms with Gasteiger partial charge in [0.2, 0.25) is 0 Å². The van der Waals surface area contributed by atoms with E-state index in [0.717, 1.165) is 5.92 Å². The molecule has 0 aromatic heterocycles. The summed E-state index contributed by atoms with van der Waals surface area (Å²) in [5, 5.41) is 4.03. The van der Waals surface area contributed by atoms with Crippen LogP contribution in [-0.4, -0.2) is 27.1 Å². The van der Waals surface area contributed by atoms with Crippen LogP contribution in [0.4, 0.5) is 4.79 Å². The fourth-order valence-corrected chi connectivity index (χ4v) is 3.59. The molecule has 3 heteroatoms. The lowest BCUT2D eigenvalue weighted by molar-refractivity contribution is 0.0818. The van der Waals surface area contributed by atoms with E-state index >= 15 is 0 Å². The Balaban J connectivity index is 1.83. The lowest BCUT2D eigenvalue weighted by atomic mass is 9.94. The summed E-state index contributed by atoms with van der Waals surface area (Å²) < 4.78 is 0. The third-order valence-electron chi connectivity index (χ3n) is 4.31. The summed E-state index contributed by atoms with van der Waals surface area (Å²) in [4.78, 5) is 11.9. The van der Waals surface area contributed by atoms with Crippen LogP contribution in [-0.2, 0) is 0 Å². The zero-order chi connectivity index (χ0) is 10.8. The van der Waals surface area contributed by atoms with Crippen molar-refractivity contribution in [1.29, 1.82) is 0 Å². The van der Waals surface area contributed by atoms with E-state index in [1.807, 2.05) is 5.01 Å². The molecule has 0 unspecified atom stereocenters. The minimum Gasteiger partial charge on any atom is -0.244 e. The second kappa shape index (κ2) is 2.50. The molecule has 1 heterocycles. The second-order valence-corrected chi connectivity index (χ2v) is 6.45. The molecule has 84 valence electrons. The van der Waals surface area contributed by atoms with Gasteiger partial charge in [-0.1, -0.05) is 0 Å². The van der Waals surface area contributed by atoms with Gasteiger partial charge in [0.25, 0.3) is 0 Å². The van der Waals surface area contributed by atoms with E-state index < -0.39 is 0 Å². The number of hydrazine groups is 1. The maximum Gasteiger partial charge on any atom is 0.358 e. The molecule has 0 N–H and O–H groups in total. The first-order valence-electron chi connectivity index (χ1n) is 6.08. The van der Waals surface area contributed by atoms with Gasteiger partial charge in [0.1, 0.15) is 0 Å². The molecule has 0 spiro atoms. The van der Waals surface area contributed by atoms with Crippen LogP contribution in [0.2, 0.25) is 0 Å². The number of carbonyl (C=O) groups excluding carboxylic acids is 1. The number of hydrogen-bond acceptors (Lipinski definition) is 1. The Morgan fingerprint density at radius 1 is 1.27 bits per heavy atom. The zero-order valence-electron chi connectivity index (χ0n) is 9.92. The highest BCUT2D eigenvalue weighted by atomic mass is 16.2. The fraction of sp³-hybridized carbons (Fsp3) is 0.917. The molecule has 3 fully saturated rings. The Kier molecular flexibility index (Phi) is 1.58. The summed E-state index contributed by atoms with van der Waals surface area (Å²) >= 11 is 0. The Morgan fingerprint density at radius 2 is 1.87 bits per heavy atom. The lowest BCUT2D eigenvalue weighted by Crippen LogP contribution is -2.40. The summed E-state index contributed by atoms with van der Waals surface area (Å²) in [6.45, 7) is 6.34. The highest BCUT2D eigenvalue weighted by Gasteiger charge is 2.63. The summed E-state index contributed by atoms with van der Waals surface area (Å²) in [5.41, 5.74) is 0.196. The lowest BCUT2D eigenvalue weighted by Gasteiger charge is -2.31. The van der Waals surface area contributed by atoms with Crippen molar-refractivity contribution in [3.05, 3.63) is 0 Å². The first-order chi connectivity index (χ1) is 6.94. The van der Waals surface area contributed by atoms with Crippen LogP contribution in [0.3, 0.4) is 0 Å². The van der Waals surface area contributed by atoms with Crippen LogP contribution >= 0.6 is 0 Å². The average Bonchev–Trinajstić information content (AvgIpc) is 2.59. The molecule has 1 saturated heterocycles. The third-order valence-corrected chi connectivity index (χ3v) is 4.31. The molecule has 0 aromatic rings. The number of urea groups is 1. The Morgan fingerprint density at radius 3 is 2.20 bits per heavy atom. The van der Waals surface area contributed by atoms with Gasteiger partial charge in [-0.3, -0.25) is 0 Å². The third kappa shape index (κ3) is 1.15. The van der Waals surface area contributed by atoms with Gasteiger partial charge in [-0.2, -0.15) is 0 Å². The molecular formula is C12H20N2O. The van der Waals surface area contributed by atoms with Crippen molar-refractivity contribution in [3.63, 3.8) is 0 Å². The van der Waals surface area contributed by atoms with E-state index in [4.69, 9.17) is 0 Å². The molecular weight excluding hydrogens is 188 g/mol. The Bertz CT molecular complexity index is 310. The molecule has 15 heavy (non-hydrogen) atoms. The van der Waals surface area contributed by atoms with E-state index in [2.05, 4.69) is 25.8 Å². The minimum absolute atomic E-state index is 0.0352. The first-order valence-corrected chi connectivity index (χ1v) is 6.08. The summed E-state index contributed by atoms with van der Waals surface area (Å²) in [6.07, 6.45) is 6.39. The number of rotatable bonds is 1. The van der Waals surface area contributed by atoms with Crippen molar-refractivity contribution >= 4 is 6.03 Å². The quantitative estimate of drug-likeness (QED) is 0.608. The molecule has 2 amide bonds. The Hall–Kier alpha value is -0.730. The van der Waals surface area contributed by atoms with Crippen molar-refractivity contribution in [1.82, 2.24) is 10.0 Å². The average molecular weight is 208 g/mol. The molecule has 0 radical (unpaired) electrons. The van der Waals surface area contributed by atoms with Gasteiger partial charge in [0, 0.05) is 0 Å². The van der Waals surface area contributed by atoms with Gasteiger partial charge in [-0.25, -0.2) is 14.8 Å². The molecule has 2 bridgehead atoms. The predicted octanol–water partition coefficient (Wildman–Crippen LogP) is 2.77. The largest absolute Gasteiger partial charge is 0.358 e. The number of nitrogens with zero attached hydrogens (tertiary/aromatic N) is 2. The number of hydrogen-bond donors (Lipinski definition) is 0. The predicted molar refractivity (Wildman–Crippen MR) is 58.1 cm³/mol. The maximum atomic E-state index is 11.9. The smallest absolute Gasteiger partial charge is 0.244 e. The van der Waals surface area contributed by atoms with Crippen molar-refractivity contribution in [2.45, 2.75) is 64.0 Å². The van der Waals surface area contributed by atoms with Crippen LogP contribution in [0, 0.1) is 5.92 Å². The number of amides is 2. The highest BCUT2D eigenvalue weighted by molar-refractivity contribution is 5.88. The molecule has 1 aliphatic heterocycles. The molecule has 3 nitrogen and oxygen atoms in total. The topological polar surface area (TPSA) is 23.1 Å².